The van der Waals surface area contributed by atoms with Gasteiger partial charge in [0.25, 0.3) is 0 Å². The van der Waals surface area contributed by atoms with Crippen molar-refractivity contribution >= 4 is 16.0 Å². The molecule has 12 heteroatoms. The number of benzene rings is 1. The van der Waals surface area contributed by atoms with Gasteiger partial charge in [-0.25, -0.2) is 18.4 Å². The number of ether oxygens (including phenoxy) is 3. The molecule has 11 nitrogen and oxygen atoms in total. The molecule has 1 fully saturated rings. The first-order valence-corrected chi connectivity index (χ1v) is 13.3. The number of aromatic nitrogens is 5. The highest BCUT2D eigenvalue weighted by Gasteiger charge is 2.36. The minimum absolute atomic E-state index is 0.0378. The Labute approximate surface area is 211 Å². The minimum Gasteiger partial charge on any atom is -0.494 e. The summed E-state index contributed by atoms with van der Waals surface area (Å²) in [5.41, 5.74) is 1.40. The van der Waals surface area contributed by atoms with Crippen molar-refractivity contribution in [2.24, 2.45) is 0 Å². The topological polar surface area (TPSA) is 130 Å². The molecule has 0 bridgehead atoms. The molecule has 2 aromatic heterocycles. The summed E-state index contributed by atoms with van der Waals surface area (Å²) < 4.78 is 48.4. The van der Waals surface area contributed by atoms with Gasteiger partial charge in [-0.3, -0.25) is 9.29 Å². The average Bonchev–Trinajstić information content (AvgIpc) is 3.47. The monoisotopic (exact) mass is 516 g/mol. The normalized spacial score (nSPS) is 19.6. The lowest BCUT2D eigenvalue weighted by molar-refractivity contribution is 0.117. The fraction of sp³-hybridized carbons (Fsp3) is 0.500. The molecule has 3 aromatic rings. The third kappa shape index (κ3) is 4.87. The Bertz CT molecular complexity index is 1290. The maximum absolute atomic E-state index is 13.5. The van der Waals surface area contributed by atoms with E-state index >= 15 is 0 Å². The van der Waals surface area contributed by atoms with Crippen molar-refractivity contribution in [2.75, 3.05) is 25.5 Å². The molecule has 0 saturated carbocycles. The van der Waals surface area contributed by atoms with Gasteiger partial charge in [-0.1, -0.05) is 13.0 Å². The zero-order chi connectivity index (χ0) is 26.0. The number of hydrogen-bond donors (Lipinski definition) is 1. The largest absolute Gasteiger partial charge is 0.494 e. The maximum atomic E-state index is 13.5. The first-order chi connectivity index (χ1) is 17.2. The number of nitrogens with one attached hydrogen (secondary N) is 1. The molecule has 4 rings (SSSR count). The second-order valence-electron chi connectivity index (χ2n) is 8.96. The van der Waals surface area contributed by atoms with E-state index < -0.39 is 21.2 Å². The minimum atomic E-state index is -3.93. The quantitative estimate of drug-likeness (QED) is 0.455. The van der Waals surface area contributed by atoms with Crippen LogP contribution in [0, 0.1) is 6.92 Å². The van der Waals surface area contributed by atoms with Crippen molar-refractivity contribution in [3.05, 3.63) is 47.8 Å². The molecule has 0 amide bonds. The summed E-state index contributed by atoms with van der Waals surface area (Å²) in [4.78, 5) is 8.62. The second-order valence-corrected chi connectivity index (χ2v) is 11.0. The van der Waals surface area contributed by atoms with Crippen LogP contribution in [0.3, 0.4) is 0 Å². The van der Waals surface area contributed by atoms with Crippen LogP contribution in [0.5, 0.6) is 11.5 Å². The van der Waals surface area contributed by atoms with Crippen molar-refractivity contribution in [2.45, 2.75) is 57.3 Å². The van der Waals surface area contributed by atoms with E-state index in [1.165, 1.54) is 0 Å². The number of methoxy groups -OCH3 is 2. The predicted octanol–water partition coefficient (Wildman–Crippen LogP) is 3.21. The average molecular weight is 517 g/mol. The van der Waals surface area contributed by atoms with E-state index in [9.17, 15) is 8.42 Å². The number of anilines is 1. The van der Waals surface area contributed by atoms with E-state index in [0.29, 0.717) is 35.4 Å². The summed E-state index contributed by atoms with van der Waals surface area (Å²) in [6, 6.07) is 5.34. The van der Waals surface area contributed by atoms with Crippen LogP contribution in [0.1, 0.15) is 56.2 Å². The number of hydrogen-bond acceptors (Lipinski definition) is 9. The molecule has 0 aliphatic carbocycles. The number of aryl methyl sites for hydroxylation is 1. The van der Waals surface area contributed by atoms with Crippen molar-refractivity contribution in [3.63, 3.8) is 0 Å². The van der Waals surface area contributed by atoms with Crippen LogP contribution in [0.15, 0.2) is 30.6 Å². The summed E-state index contributed by atoms with van der Waals surface area (Å²) in [5.74, 6) is 1.45. The third-order valence-corrected chi connectivity index (χ3v) is 8.51. The molecular weight excluding hydrogens is 484 g/mol. The van der Waals surface area contributed by atoms with Gasteiger partial charge in [0.15, 0.2) is 0 Å². The van der Waals surface area contributed by atoms with Gasteiger partial charge >= 0.3 is 0 Å². The van der Waals surface area contributed by atoms with Gasteiger partial charge in [-0.2, -0.15) is 0 Å². The summed E-state index contributed by atoms with van der Waals surface area (Å²) in [5, 5.41) is 7.80. The molecule has 36 heavy (non-hydrogen) atoms. The second kappa shape index (κ2) is 10.4. The van der Waals surface area contributed by atoms with Crippen LogP contribution in [-0.2, 0) is 14.8 Å². The molecule has 4 atom stereocenters. The van der Waals surface area contributed by atoms with Gasteiger partial charge in [0.1, 0.15) is 28.8 Å². The highest BCUT2D eigenvalue weighted by atomic mass is 32.2. The Hall–Kier alpha value is -3.25. The van der Waals surface area contributed by atoms with Crippen molar-refractivity contribution < 1.29 is 22.6 Å². The SMILES string of the molecule is COc1cccc(OC)c1-n1c(NS(=O)(=O)[C@@H](C)[C@H](C)c2ncc(C)cn2)nnc1[C@H]1CCO[C@H]1C. The summed E-state index contributed by atoms with van der Waals surface area (Å²) in [6.07, 6.45) is 3.96. The van der Waals surface area contributed by atoms with Gasteiger partial charge in [-0.15, -0.1) is 10.2 Å². The number of rotatable bonds is 9. The van der Waals surface area contributed by atoms with Gasteiger partial charge in [-0.05, 0) is 44.9 Å². The molecule has 1 saturated heterocycles. The van der Waals surface area contributed by atoms with E-state index in [0.717, 1.165) is 12.0 Å². The van der Waals surface area contributed by atoms with Crippen LogP contribution >= 0.6 is 0 Å². The van der Waals surface area contributed by atoms with Crippen molar-refractivity contribution in [3.8, 4) is 17.2 Å². The molecule has 0 radical (unpaired) electrons. The maximum Gasteiger partial charge on any atom is 0.243 e. The van der Waals surface area contributed by atoms with Crippen LogP contribution in [0.4, 0.5) is 5.95 Å². The van der Waals surface area contributed by atoms with Crippen molar-refractivity contribution in [1.82, 2.24) is 24.7 Å². The molecule has 0 spiro atoms. The molecule has 194 valence electrons. The standard InChI is InChI=1S/C24H32N6O5S/c1-14-12-25-22(26-13-14)15(2)17(4)36(31,32)29-24-28-27-23(18-10-11-35-16(18)3)30(24)21-19(33-5)8-7-9-20(21)34-6/h7-9,12-13,15-18H,10-11H2,1-6H3,(H,28,29)/t15-,16-,17-,18-/m0/s1. The summed E-state index contributed by atoms with van der Waals surface area (Å²) in [6.45, 7) is 7.82. The highest BCUT2D eigenvalue weighted by molar-refractivity contribution is 7.93. The van der Waals surface area contributed by atoms with Crippen molar-refractivity contribution in [1.29, 1.82) is 0 Å². The lowest BCUT2D eigenvalue weighted by atomic mass is 10.0. The molecule has 0 unspecified atom stereocenters. The first kappa shape index (κ1) is 25.8. The molecule has 1 aliphatic rings. The molecule has 1 aliphatic heterocycles. The number of nitrogens with zero attached hydrogens (tertiary/aromatic N) is 5. The fourth-order valence-electron chi connectivity index (χ4n) is 4.28. The van der Waals surface area contributed by atoms with Gasteiger partial charge < -0.3 is 14.2 Å². The van der Waals surface area contributed by atoms with E-state index in [1.807, 2.05) is 13.8 Å². The smallest absolute Gasteiger partial charge is 0.243 e. The Balaban J connectivity index is 1.78. The van der Waals surface area contributed by atoms with Crippen LogP contribution < -0.4 is 14.2 Å². The zero-order valence-corrected chi connectivity index (χ0v) is 22.1. The van der Waals surface area contributed by atoms with Crippen LogP contribution in [-0.4, -0.2) is 65.3 Å². The van der Waals surface area contributed by atoms with Crippen LogP contribution in [0.2, 0.25) is 0 Å². The molecular formula is C24H32N6O5S. The fourth-order valence-corrected chi connectivity index (χ4v) is 5.51. The molecule has 1 aromatic carbocycles. The first-order valence-electron chi connectivity index (χ1n) is 11.8. The van der Waals surface area contributed by atoms with E-state index in [4.69, 9.17) is 14.2 Å². The Morgan fingerprint density at radius 2 is 1.75 bits per heavy atom. The number of para-hydroxylation sites is 1. The lowest BCUT2D eigenvalue weighted by Crippen LogP contribution is -2.31. The molecule has 1 N–H and O–H groups in total. The van der Waals surface area contributed by atoms with Gasteiger partial charge in [0, 0.05) is 30.8 Å². The highest BCUT2D eigenvalue weighted by Crippen LogP contribution is 2.39. The third-order valence-electron chi connectivity index (χ3n) is 6.66. The van der Waals surface area contributed by atoms with E-state index in [2.05, 4.69) is 24.9 Å². The van der Waals surface area contributed by atoms with Gasteiger partial charge in [0.05, 0.1) is 25.6 Å². The number of sulfonamides is 1. The van der Waals surface area contributed by atoms with E-state index in [1.54, 1.807) is 63.2 Å². The van der Waals surface area contributed by atoms with E-state index in [-0.39, 0.29) is 18.0 Å². The Morgan fingerprint density at radius 1 is 1.11 bits per heavy atom. The Morgan fingerprint density at radius 3 is 2.31 bits per heavy atom. The van der Waals surface area contributed by atoms with Gasteiger partial charge in [0.2, 0.25) is 16.0 Å². The van der Waals surface area contributed by atoms with Crippen LogP contribution in [0.25, 0.3) is 5.69 Å². The zero-order valence-electron chi connectivity index (χ0n) is 21.3. The molecule has 3 heterocycles. The summed E-state index contributed by atoms with van der Waals surface area (Å²) >= 11 is 0. The predicted molar refractivity (Wildman–Crippen MR) is 134 cm³/mol. The summed E-state index contributed by atoms with van der Waals surface area (Å²) in [7, 11) is -0.849. The Kier molecular flexibility index (Phi) is 7.46. The lowest BCUT2D eigenvalue weighted by Gasteiger charge is -2.22.